The number of carbonyl (C=O) groups is 1. The summed E-state index contributed by atoms with van der Waals surface area (Å²) in [4.78, 5) is 18.3. The van der Waals surface area contributed by atoms with Gasteiger partial charge in [-0.15, -0.1) is 0 Å². The second kappa shape index (κ2) is 8.73. The van der Waals surface area contributed by atoms with Gasteiger partial charge >= 0.3 is 6.09 Å². The molecule has 0 radical (unpaired) electrons. The van der Waals surface area contributed by atoms with Crippen molar-refractivity contribution in [2.24, 2.45) is 0 Å². The molecule has 164 valence electrons. The number of hydrogen-bond donors (Lipinski definition) is 0. The van der Waals surface area contributed by atoms with E-state index in [1.807, 2.05) is 20.8 Å². The van der Waals surface area contributed by atoms with Gasteiger partial charge in [0.2, 0.25) is 0 Å². The molecule has 1 aliphatic rings. The van der Waals surface area contributed by atoms with Crippen molar-refractivity contribution in [3.05, 3.63) is 30.1 Å². The Balaban J connectivity index is 1.52. The third-order valence-corrected chi connectivity index (χ3v) is 5.63. The van der Waals surface area contributed by atoms with Crippen LogP contribution in [-0.4, -0.2) is 60.6 Å². The molecule has 1 saturated heterocycles. The van der Waals surface area contributed by atoms with E-state index in [4.69, 9.17) is 14.0 Å². The average Bonchev–Trinajstić information content (AvgIpc) is 3.14. The Morgan fingerprint density at radius 3 is 2.60 bits per heavy atom. The fourth-order valence-electron chi connectivity index (χ4n) is 3.01. The molecule has 0 N–H and O–H groups in total. The molecule has 1 aromatic carbocycles. The number of piperidine rings is 1. The lowest BCUT2D eigenvalue weighted by atomic mass is 10.1. The molecular weight excluding hydrogens is 410 g/mol. The molecule has 0 unspecified atom stereocenters. The minimum Gasteiger partial charge on any atom is -0.444 e. The van der Waals surface area contributed by atoms with Gasteiger partial charge in [-0.05, 0) is 51.8 Å². The van der Waals surface area contributed by atoms with E-state index in [-0.39, 0.29) is 29.6 Å². The minimum atomic E-state index is -3.32. The van der Waals surface area contributed by atoms with Gasteiger partial charge < -0.3 is 18.9 Å². The largest absolute Gasteiger partial charge is 0.444 e. The molecule has 10 heteroatoms. The quantitative estimate of drug-likeness (QED) is 0.702. The molecule has 1 fully saturated rings. The van der Waals surface area contributed by atoms with E-state index in [9.17, 15) is 13.2 Å². The van der Waals surface area contributed by atoms with Gasteiger partial charge in [0.15, 0.2) is 15.7 Å². The number of benzene rings is 1. The zero-order valence-electron chi connectivity index (χ0n) is 17.6. The average molecular weight is 438 g/mol. The molecule has 0 aliphatic carbocycles. The third-order valence-electron chi connectivity index (χ3n) is 4.52. The smallest absolute Gasteiger partial charge is 0.410 e. The SMILES string of the molecule is CC(C)(C)OC(=O)N1CCC(OCc2noc(-c3cccc(S(C)(=O)=O)c3)n2)CC1. The van der Waals surface area contributed by atoms with Crippen molar-refractivity contribution in [2.45, 2.75) is 56.8 Å². The summed E-state index contributed by atoms with van der Waals surface area (Å²) in [5, 5.41) is 3.91. The van der Waals surface area contributed by atoms with Crippen LogP contribution < -0.4 is 0 Å². The molecule has 1 amide bonds. The zero-order valence-corrected chi connectivity index (χ0v) is 18.4. The Morgan fingerprint density at radius 1 is 1.27 bits per heavy atom. The van der Waals surface area contributed by atoms with Crippen molar-refractivity contribution in [1.29, 1.82) is 0 Å². The highest BCUT2D eigenvalue weighted by Crippen LogP contribution is 2.22. The highest BCUT2D eigenvalue weighted by Gasteiger charge is 2.27. The molecule has 9 nitrogen and oxygen atoms in total. The standard InChI is InChI=1S/C20H27N3O6S/c1-20(2,3)28-19(24)23-10-8-15(9-11-23)27-13-17-21-18(29-22-17)14-6-5-7-16(12-14)30(4,25)26/h5-7,12,15H,8-11,13H2,1-4H3. The number of hydrogen-bond acceptors (Lipinski definition) is 8. The molecule has 30 heavy (non-hydrogen) atoms. The van der Waals surface area contributed by atoms with Crippen molar-refractivity contribution in [2.75, 3.05) is 19.3 Å². The van der Waals surface area contributed by atoms with E-state index >= 15 is 0 Å². The van der Waals surface area contributed by atoms with Gasteiger partial charge in [0, 0.05) is 24.9 Å². The van der Waals surface area contributed by atoms with E-state index in [1.54, 1.807) is 17.0 Å². The van der Waals surface area contributed by atoms with Gasteiger partial charge in [0.05, 0.1) is 11.0 Å². The van der Waals surface area contributed by atoms with E-state index in [0.717, 1.165) is 6.26 Å². The molecule has 2 aromatic rings. The van der Waals surface area contributed by atoms with Gasteiger partial charge in [0.25, 0.3) is 5.89 Å². The summed E-state index contributed by atoms with van der Waals surface area (Å²) in [5.74, 6) is 0.614. The Labute approximate surface area is 176 Å². The molecule has 0 bridgehead atoms. The van der Waals surface area contributed by atoms with Gasteiger partial charge in [-0.25, -0.2) is 13.2 Å². The van der Waals surface area contributed by atoms with Crippen molar-refractivity contribution in [3.63, 3.8) is 0 Å². The second-order valence-corrected chi connectivity index (χ2v) is 10.3. The Bertz CT molecular complexity index is 988. The number of aromatic nitrogens is 2. The molecule has 3 rings (SSSR count). The number of likely N-dealkylation sites (tertiary alicyclic amines) is 1. The first-order valence-corrected chi connectivity index (χ1v) is 11.6. The highest BCUT2D eigenvalue weighted by atomic mass is 32.2. The number of sulfone groups is 1. The summed E-state index contributed by atoms with van der Waals surface area (Å²) in [6, 6.07) is 6.35. The molecule has 0 saturated carbocycles. The van der Waals surface area contributed by atoms with Crippen LogP contribution in [0.3, 0.4) is 0 Å². The molecule has 0 spiro atoms. The van der Waals surface area contributed by atoms with Crippen LogP contribution in [0, 0.1) is 0 Å². The Morgan fingerprint density at radius 2 is 1.97 bits per heavy atom. The molecule has 0 atom stereocenters. The monoisotopic (exact) mass is 437 g/mol. The fraction of sp³-hybridized carbons (Fsp3) is 0.550. The number of carbonyl (C=O) groups excluding carboxylic acids is 1. The first kappa shape index (κ1) is 22.2. The molecule has 1 aliphatic heterocycles. The van der Waals surface area contributed by atoms with Gasteiger partial charge in [0.1, 0.15) is 12.2 Å². The van der Waals surface area contributed by atoms with Crippen LogP contribution >= 0.6 is 0 Å². The number of nitrogens with zero attached hydrogens (tertiary/aromatic N) is 3. The van der Waals surface area contributed by atoms with E-state index in [0.29, 0.717) is 37.3 Å². The van der Waals surface area contributed by atoms with Gasteiger partial charge in [-0.3, -0.25) is 0 Å². The molecular formula is C20H27N3O6S. The summed E-state index contributed by atoms with van der Waals surface area (Å²) >= 11 is 0. The lowest BCUT2D eigenvalue weighted by Gasteiger charge is -2.33. The third kappa shape index (κ3) is 6.02. The number of rotatable bonds is 5. The first-order chi connectivity index (χ1) is 14.0. The maximum atomic E-state index is 12.1. The summed E-state index contributed by atoms with van der Waals surface area (Å²) < 4.78 is 39.9. The fourth-order valence-corrected chi connectivity index (χ4v) is 3.68. The minimum absolute atomic E-state index is 0.0146. The number of ether oxygens (including phenoxy) is 2. The van der Waals surface area contributed by atoms with E-state index < -0.39 is 15.4 Å². The topological polar surface area (TPSA) is 112 Å². The van der Waals surface area contributed by atoms with Gasteiger partial charge in [-0.2, -0.15) is 4.98 Å². The van der Waals surface area contributed by atoms with Crippen LogP contribution in [0.2, 0.25) is 0 Å². The van der Waals surface area contributed by atoms with Crippen molar-refractivity contribution in [3.8, 4) is 11.5 Å². The van der Waals surface area contributed by atoms with Crippen LogP contribution in [0.1, 0.15) is 39.4 Å². The van der Waals surface area contributed by atoms with Crippen molar-refractivity contribution < 1.29 is 27.2 Å². The molecule has 1 aromatic heterocycles. The second-order valence-electron chi connectivity index (χ2n) is 8.29. The maximum Gasteiger partial charge on any atom is 0.410 e. The summed E-state index contributed by atoms with van der Waals surface area (Å²) in [6.07, 6.45) is 2.22. The van der Waals surface area contributed by atoms with Crippen LogP contribution in [0.4, 0.5) is 4.79 Å². The maximum absolute atomic E-state index is 12.1. The number of amides is 1. The van der Waals surface area contributed by atoms with Crippen molar-refractivity contribution in [1.82, 2.24) is 15.0 Å². The normalized spacial score (nSPS) is 15.9. The lowest BCUT2D eigenvalue weighted by molar-refractivity contribution is -0.0190. The van der Waals surface area contributed by atoms with E-state index in [1.165, 1.54) is 12.1 Å². The van der Waals surface area contributed by atoms with E-state index in [2.05, 4.69) is 10.1 Å². The highest BCUT2D eigenvalue weighted by molar-refractivity contribution is 7.90. The van der Waals surface area contributed by atoms with Crippen molar-refractivity contribution >= 4 is 15.9 Å². The summed E-state index contributed by atoms with van der Waals surface area (Å²) in [5.41, 5.74) is 0.0176. The predicted octanol–water partition coefficient (Wildman–Crippen LogP) is 3.06. The van der Waals surface area contributed by atoms with Crippen LogP contribution in [0.25, 0.3) is 11.5 Å². The van der Waals surface area contributed by atoms with Gasteiger partial charge in [-0.1, -0.05) is 11.2 Å². The summed E-state index contributed by atoms with van der Waals surface area (Å²) in [6.45, 7) is 6.84. The zero-order chi connectivity index (χ0) is 21.9. The summed E-state index contributed by atoms with van der Waals surface area (Å²) in [7, 11) is -3.32. The Kier molecular flexibility index (Phi) is 6.47. The predicted molar refractivity (Wildman–Crippen MR) is 108 cm³/mol. The van der Waals surface area contributed by atoms with Crippen LogP contribution in [0.5, 0.6) is 0 Å². The lowest BCUT2D eigenvalue weighted by Crippen LogP contribution is -2.43. The van der Waals surface area contributed by atoms with Crippen LogP contribution in [0.15, 0.2) is 33.7 Å². The van der Waals surface area contributed by atoms with Crippen LogP contribution in [-0.2, 0) is 25.9 Å². The Hall–Kier alpha value is -2.46. The first-order valence-electron chi connectivity index (χ1n) is 9.74. The molecule has 2 heterocycles.